The number of hydrogen-bond donors (Lipinski definition) is 4. The van der Waals surface area contributed by atoms with Crippen LogP contribution in [0.15, 0.2) is 59.5 Å². The van der Waals surface area contributed by atoms with Crippen LogP contribution in [-0.4, -0.2) is 64.4 Å². The van der Waals surface area contributed by atoms with Crippen molar-refractivity contribution in [3.8, 4) is 11.1 Å². The van der Waals surface area contributed by atoms with Crippen LogP contribution in [0.2, 0.25) is 0 Å². The van der Waals surface area contributed by atoms with Crippen molar-refractivity contribution in [2.24, 2.45) is 0 Å². The largest absolute Gasteiger partial charge is 0.449 e. The number of carbonyl (C=O) groups excluding carboxylic acids is 1. The number of ether oxygens (including phenoxy) is 2. The van der Waals surface area contributed by atoms with Crippen LogP contribution < -0.4 is 16.2 Å². The van der Waals surface area contributed by atoms with E-state index in [-0.39, 0.29) is 50.1 Å². The molecule has 2 heterocycles. The minimum atomic E-state index is -0.821. The molecular formula is C27H30N4O6. The highest BCUT2D eigenvalue weighted by molar-refractivity contribution is 5.79. The van der Waals surface area contributed by atoms with Gasteiger partial charge in [0, 0.05) is 37.2 Å². The molecule has 1 amide bonds. The number of nitrogens with one attached hydrogen (secondary N) is 2. The van der Waals surface area contributed by atoms with Crippen LogP contribution in [0.25, 0.3) is 11.1 Å². The van der Waals surface area contributed by atoms with Gasteiger partial charge in [0.2, 0.25) is 5.95 Å². The Morgan fingerprint density at radius 1 is 1.14 bits per heavy atom. The molecule has 2 aliphatic rings. The summed E-state index contributed by atoms with van der Waals surface area (Å²) in [7, 11) is 0. The molecule has 37 heavy (non-hydrogen) atoms. The molecule has 5 rings (SSSR count). The van der Waals surface area contributed by atoms with Crippen LogP contribution in [0.4, 0.5) is 10.7 Å². The number of aliphatic hydroxyl groups is 2. The maximum absolute atomic E-state index is 12.4. The second-order valence-corrected chi connectivity index (χ2v) is 9.25. The Labute approximate surface area is 213 Å². The van der Waals surface area contributed by atoms with Crippen LogP contribution in [0.3, 0.4) is 0 Å². The Morgan fingerprint density at radius 3 is 2.46 bits per heavy atom. The van der Waals surface area contributed by atoms with Gasteiger partial charge in [-0.25, -0.2) is 4.79 Å². The average molecular weight is 507 g/mol. The van der Waals surface area contributed by atoms with Crippen LogP contribution in [-0.2, 0) is 9.47 Å². The third-order valence-corrected chi connectivity index (χ3v) is 6.84. The number of aryl methyl sites for hydroxylation is 1. The first-order valence-electron chi connectivity index (χ1n) is 12.3. The summed E-state index contributed by atoms with van der Waals surface area (Å²) in [5.41, 5.74) is 4.65. The Balaban J connectivity index is 1.16. The summed E-state index contributed by atoms with van der Waals surface area (Å²) in [6, 6.07) is 16.3. The summed E-state index contributed by atoms with van der Waals surface area (Å²) in [5, 5.41) is 25.2. The van der Waals surface area contributed by atoms with Gasteiger partial charge in [0.25, 0.3) is 5.56 Å². The molecule has 1 aromatic heterocycles. The lowest BCUT2D eigenvalue weighted by Crippen LogP contribution is -2.32. The second kappa shape index (κ2) is 10.7. The number of aromatic nitrogens is 2. The first-order chi connectivity index (χ1) is 18.0. The summed E-state index contributed by atoms with van der Waals surface area (Å²) in [5.74, 6) is 0.229. The zero-order chi connectivity index (χ0) is 25.9. The van der Waals surface area contributed by atoms with Gasteiger partial charge >= 0.3 is 6.09 Å². The van der Waals surface area contributed by atoms with Gasteiger partial charge in [-0.05, 0) is 29.2 Å². The van der Waals surface area contributed by atoms with E-state index in [1.165, 1.54) is 0 Å². The first-order valence-corrected chi connectivity index (χ1v) is 12.3. The molecule has 0 bridgehead atoms. The fourth-order valence-corrected chi connectivity index (χ4v) is 4.96. The van der Waals surface area contributed by atoms with E-state index in [1.54, 1.807) is 17.7 Å². The quantitative estimate of drug-likeness (QED) is 0.342. The first kappa shape index (κ1) is 24.9. The van der Waals surface area contributed by atoms with Crippen molar-refractivity contribution in [3.63, 3.8) is 0 Å². The molecule has 3 aromatic rings. The fourth-order valence-electron chi connectivity index (χ4n) is 4.96. The molecule has 0 unspecified atom stereocenters. The molecular weight excluding hydrogens is 476 g/mol. The van der Waals surface area contributed by atoms with Crippen LogP contribution in [0.1, 0.15) is 35.3 Å². The normalized spacial score (nSPS) is 20.4. The van der Waals surface area contributed by atoms with E-state index in [1.807, 2.05) is 24.3 Å². The van der Waals surface area contributed by atoms with Crippen LogP contribution >= 0.6 is 0 Å². The highest BCUT2D eigenvalue weighted by Crippen LogP contribution is 2.44. The number of amides is 1. The molecule has 10 nitrogen and oxygen atoms in total. The van der Waals surface area contributed by atoms with E-state index in [0.717, 1.165) is 22.3 Å². The lowest BCUT2D eigenvalue weighted by molar-refractivity contribution is -0.0441. The summed E-state index contributed by atoms with van der Waals surface area (Å²) in [4.78, 5) is 28.6. The van der Waals surface area contributed by atoms with Gasteiger partial charge in [0.1, 0.15) is 18.9 Å². The van der Waals surface area contributed by atoms with Crippen molar-refractivity contribution in [2.45, 2.75) is 37.7 Å². The van der Waals surface area contributed by atoms with Gasteiger partial charge in [-0.15, -0.1) is 0 Å². The zero-order valence-corrected chi connectivity index (χ0v) is 20.5. The number of nitrogens with zero attached hydrogens (tertiary/aromatic N) is 2. The van der Waals surface area contributed by atoms with Gasteiger partial charge in [0.15, 0.2) is 0 Å². The lowest BCUT2D eigenvalue weighted by Gasteiger charge is -2.20. The fraction of sp³-hybridized carbons (Fsp3) is 0.370. The van der Waals surface area contributed by atoms with Crippen molar-refractivity contribution >= 4 is 12.0 Å². The molecule has 1 aliphatic carbocycles. The maximum atomic E-state index is 12.4. The highest BCUT2D eigenvalue weighted by atomic mass is 16.6. The number of anilines is 1. The van der Waals surface area contributed by atoms with Crippen LogP contribution in [0.5, 0.6) is 0 Å². The van der Waals surface area contributed by atoms with E-state index in [4.69, 9.17) is 9.47 Å². The van der Waals surface area contributed by atoms with Crippen LogP contribution in [0, 0.1) is 6.92 Å². The zero-order valence-electron chi connectivity index (χ0n) is 20.5. The predicted octanol–water partition coefficient (Wildman–Crippen LogP) is 2.14. The third-order valence-electron chi connectivity index (χ3n) is 6.84. The monoisotopic (exact) mass is 506 g/mol. The number of fused-ring (bicyclic) bond motifs is 3. The smallest absolute Gasteiger partial charge is 0.407 e. The maximum Gasteiger partial charge on any atom is 0.407 e. The summed E-state index contributed by atoms with van der Waals surface area (Å²) >= 11 is 0. The number of alkyl carbamates (subject to hydrolysis) is 1. The molecule has 3 atom stereocenters. The van der Waals surface area contributed by atoms with Gasteiger partial charge in [0.05, 0.1) is 12.7 Å². The molecule has 4 N–H and O–H groups in total. The van der Waals surface area contributed by atoms with E-state index in [2.05, 4.69) is 39.9 Å². The SMILES string of the molecule is Cc1cn([C@H]2C[C@H](O)[C@@H](CO)O2)c(NCCNC(=O)OCC2c3ccccc3-c3ccccc32)nc1=O. The van der Waals surface area contributed by atoms with Gasteiger partial charge in [-0.2, -0.15) is 4.98 Å². The molecule has 1 fully saturated rings. The standard InChI is InChI=1S/C27H30N4O6/c1-16-13-31(24-12-22(33)23(14-32)37-24)26(30-25(16)34)28-10-11-29-27(35)36-15-21-19-8-4-2-6-17(19)18-7-3-5-9-20(18)21/h2-9,13,21-24,32-33H,10-12,14-15H2,1H3,(H,29,35)(H,28,30,34)/t22-,23+,24+/m0/s1. The van der Waals surface area contributed by atoms with Crippen molar-refractivity contribution in [1.29, 1.82) is 0 Å². The second-order valence-electron chi connectivity index (χ2n) is 9.25. The Kier molecular flexibility index (Phi) is 7.22. The minimum Gasteiger partial charge on any atom is -0.449 e. The van der Waals surface area contributed by atoms with E-state index >= 15 is 0 Å². The molecule has 194 valence electrons. The predicted molar refractivity (Wildman–Crippen MR) is 136 cm³/mol. The van der Waals surface area contributed by atoms with E-state index < -0.39 is 24.5 Å². The Bertz CT molecular complexity index is 1300. The molecule has 0 spiro atoms. The van der Waals surface area contributed by atoms with Crippen molar-refractivity contribution < 1.29 is 24.5 Å². The summed E-state index contributed by atoms with van der Waals surface area (Å²) in [6.45, 7) is 2.06. The molecule has 0 radical (unpaired) electrons. The molecule has 1 aliphatic heterocycles. The minimum absolute atomic E-state index is 0.0213. The van der Waals surface area contributed by atoms with Gasteiger partial charge in [-0.1, -0.05) is 48.5 Å². The molecule has 0 saturated carbocycles. The van der Waals surface area contributed by atoms with E-state index in [0.29, 0.717) is 5.56 Å². The lowest BCUT2D eigenvalue weighted by atomic mass is 9.98. The molecule has 1 saturated heterocycles. The highest BCUT2D eigenvalue weighted by Gasteiger charge is 2.35. The Morgan fingerprint density at radius 2 is 1.81 bits per heavy atom. The topological polar surface area (TPSA) is 135 Å². The number of rotatable bonds is 8. The number of hydrogen-bond acceptors (Lipinski definition) is 8. The molecule has 10 heteroatoms. The number of benzene rings is 2. The van der Waals surface area contributed by atoms with Gasteiger partial charge in [-0.3, -0.25) is 9.36 Å². The summed E-state index contributed by atoms with van der Waals surface area (Å²) < 4.78 is 12.9. The Hall–Kier alpha value is -3.73. The summed E-state index contributed by atoms with van der Waals surface area (Å²) in [6.07, 6.45) is -0.788. The van der Waals surface area contributed by atoms with Crippen molar-refractivity contribution in [3.05, 3.63) is 81.8 Å². The van der Waals surface area contributed by atoms with Crippen molar-refractivity contribution in [2.75, 3.05) is 31.6 Å². The van der Waals surface area contributed by atoms with Gasteiger partial charge < -0.3 is 30.3 Å². The molecule has 2 aromatic carbocycles. The number of carbonyl (C=O) groups is 1. The number of aliphatic hydroxyl groups excluding tert-OH is 2. The third kappa shape index (κ3) is 5.08. The average Bonchev–Trinajstić information content (AvgIpc) is 3.44. The van der Waals surface area contributed by atoms with Crippen molar-refractivity contribution in [1.82, 2.24) is 14.9 Å². The van der Waals surface area contributed by atoms with E-state index in [9.17, 15) is 19.8 Å².